The summed E-state index contributed by atoms with van der Waals surface area (Å²) >= 11 is 6.28. The SMILES string of the molecule is CCCCNC(=O)[C@@H](C)N(Cc1ccc(C)cc1)C(=O)CN(c1cc(Cl)ccc1C)S(=O)(=O)c1ccc(C)cc1. The molecule has 0 fully saturated rings. The predicted molar refractivity (Wildman–Crippen MR) is 161 cm³/mol. The molecule has 3 aromatic carbocycles. The lowest BCUT2D eigenvalue weighted by molar-refractivity contribution is -0.139. The minimum atomic E-state index is -4.15. The first-order valence-electron chi connectivity index (χ1n) is 13.4. The quantitative estimate of drug-likeness (QED) is 0.273. The van der Waals surface area contributed by atoms with E-state index in [0.717, 1.165) is 33.8 Å². The van der Waals surface area contributed by atoms with Crippen molar-refractivity contribution < 1.29 is 18.0 Å². The van der Waals surface area contributed by atoms with E-state index in [1.165, 1.54) is 17.0 Å². The molecule has 0 saturated carbocycles. The fraction of sp³-hybridized carbons (Fsp3) is 0.355. The Bertz CT molecular complexity index is 1420. The third-order valence-electron chi connectivity index (χ3n) is 6.80. The number of amides is 2. The molecule has 0 radical (unpaired) electrons. The maximum absolute atomic E-state index is 14.0. The molecular weight excluding hydrogens is 546 g/mol. The second-order valence-electron chi connectivity index (χ2n) is 10.1. The Hall–Kier alpha value is -3.36. The summed E-state index contributed by atoms with van der Waals surface area (Å²) < 4.78 is 29.0. The highest BCUT2D eigenvalue weighted by Crippen LogP contribution is 2.30. The highest BCUT2D eigenvalue weighted by Gasteiger charge is 2.33. The van der Waals surface area contributed by atoms with Gasteiger partial charge in [0, 0.05) is 18.1 Å². The van der Waals surface area contributed by atoms with Gasteiger partial charge in [-0.1, -0.05) is 78.5 Å². The first-order chi connectivity index (χ1) is 18.9. The highest BCUT2D eigenvalue weighted by molar-refractivity contribution is 7.92. The molecule has 0 aliphatic rings. The number of benzene rings is 3. The monoisotopic (exact) mass is 583 g/mol. The Morgan fingerprint density at radius 3 is 2.12 bits per heavy atom. The summed E-state index contributed by atoms with van der Waals surface area (Å²) in [5, 5.41) is 3.24. The number of unbranched alkanes of at least 4 members (excludes halogenated alkanes) is 1. The molecule has 0 aliphatic heterocycles. The summed E-state index contributed by atoms with van der Waals surface area (Å²) in [5.41, 5.74) is 3.76. The number of carbonyl (C=O) groups excluding carboxylic acids is 2. The maximum Gasteiger partial charge on any atom is 0.264 e. The lowest BCUT2D eigenvalue weighted by Gasteiger charge is -2.32. The number of carbonyl (C=O) groups is 2. The normalized spacial score (nSPS) is 12.1. The molecule has 3 aromatic rings. The Labute approximate surface area is 243 Å². The Morgan fingerprint density at radius 1 is 0.925 bits per heavy atom. The van der Waals surface area contributed by atoms with Crippen molar-refractivity contribution in [3.63, 3.8) is 0 Å². The molecule has 40 heavy (non-hydrogen) atoms. The van der Waals surface area contributed by atoms with E-state index in [0.29, 0.717) is 22.8 Å². The topological polar surface area (TPSA) is 86.8 Å². The zero-order valence-corrected chi connectivity index (χ0v) is 25.3. The van der Waals surface area contributed by atoms with Gasteiger partial charge >= 0.3 is 0 Å². The Morgan fingerprint density at radius 2 is 1.52 bits per heavy atom. The predicted octanol–water partition coefficient (Wildman–Crippen LogP) is 5.79. The van der Waals surface area contributed by atoms with Crippen LogP contribution in [0.4, 0.5) is 5.69 Å². The number of hydrogen-bond donors (Lipinski definition) is 1. The lowest BCUT2D eigenvalue weighted by atomic mass is 10.1. The Kier molecular flexibility index (Phi) is 10.8. The molecule has 3 rings (SSSR count). The summed E-state index contributed by atoms with van der Waals surface area (Å²) in [6.45, 7) is 9.45. The molecule has 0 unspecified atom stereocenters. The van der Waals surface area contributed by atoms with E-state index < -0.39 is 28.5 Å². The van der Waals surface area contributed by atoms with Crippen molar-refractivity contribution in [2.24, 2.45) is 0 Å². The van der Waals surface area contributed by atoms with Gasteiger partial charge in [-0.05, 0) is 69.5 Å². The number of aryl methyl sites for hydroxylation is 3. The molecule has 9 heteroatoms. The van der Waals surface area contributed by atoms with Gasteiger partial charge < -0.3 is 10.2 Å². The lowest BCUT2D eigenvalue weighted by Crippen LogP contribution is -2.51. The van der Waals surface area contributed by atoms with E-state index >= 15 is 0 Å². The smallest absolute Gasteiger partial charge is 0.264 e. The van der Waals surface area contributed by atoms with Crippen LogP contribution >= 0.6 is 11.6 Å². The van der Waals surface area contributed by atoms with Gasteiger partial charge in [0.2, 0.25) is 11.8 Å². The summed E-state index contributed by atoms with van der Waals surface area (Å²) in [7, 11) is -4.15. The summed E-state index contributed by atoms with van der Waals surface area (Å²) in [5.74, 6) is -0.797. The van der Waals surface area contributed by atoms with Crippen LogP contribution in [0.2, 0.25) is 5.02 Å². The van der Waals surface area contributed by atoms with Gasteiger partial charge in [-0.15, -0.1) is 0 Å². The maximum atomic E-state index is 14.0. The van der Waals surface area contributed by atoms with E-state index in [4.69, 9.17) is 11.6 Å². The zero-order valence-electron chi connectivity index (χ0n) is 23.8. The summed E-state index contributed by atoms with van der Waals surface area (Å²) in [4.78, 5) is 28.6. The summed E-state index contributed by atoms with van der Waals surface area (Å²) in [6.07, 6.45) is 1.74. The van der Waals surface area contributed by atoms with Crippen LogP contribution in [0.25, 0.3) is 0 Å². The van der Waals surface area contributed by atoms with Gasteiger partial charge in [0.1, 0.15) is 12.6 Å². The van der Waals surface area contributed by atoms with Crippen LogP contribution in [0.15, 0.2) is 71.6 Å². The average molecular weight is 584 g/mol. The van der Waals surface area contributed by atoms with Crippen LogP contribution in [0.1, 0.15) is 48.9 Å². The largest absolute Gasteiger partial charge is 0.354 e. The summed E-state index contributed by atoms with van der Waals surface area (Å²) in [6, 6.07) is 18.3. The number of hydrogen-bond acceptors (Lipinski definition) is 4. The number of nitrogens with one attached hydrogen (secondary N) is 1. The van der Waals surface area contributed by atoms with Gasteiger partial charge in [-0.3, -0.25) is 13.9 Å². The molecule has 7 nitrogen and oxygen atoms in total. The molecule has 214 valence electrons. The number of rotatable bonds is 12. The zero-order chi connectivity index (χ0) is 29.4. The fourth-order valence-corrected chi connectivity index (χ4v) is 5.85. The van der Waals surface area contributed by atoms with E-state index in [-0.39, 0.29) is 17.3 Å². The molecule has 0 saturated heterocycles. The number of sulfonamides is 1. The van der Waals surface area contributed by atoms with Crippen molar-refractivity contribution in [3.8, 4) is 0 Å². The second kappa shape index (κ2) is 13.8. The van der Waals surface area contributed by atoms with E-state index in [1.54, 1.807) is 44.2 Å². The second-order valence-corrected chi connectivity index (χ2v) is 12.4. The van der Waals surface area contributed by atoms with Crippen molar-refractivity contribution in [2.45, 2.75) is 64.9 Å². The van der Waals surface area contributed by atoms with Crippen LogP contribution in [-0.2, 0) is 26.2 Å². The molecule has 1 atom stereocenters. The van der Waals surface area contributed by atoms with Gasteiger partial charge in [0.25, 0.3) is 10.0 Å². The van der Waals surface area contributed by atoms with Crippen molar-refractivity contribution in [3.05, 3.63) is 94.0 Å². The van der Waals surface area contributed by atoms with Crippen LogP contribution < -0.4 is 9.62 Å². The van der Waals surface area contributed by atoms with Gasteiger partial charge in [0.15, 0.2) is 0 Å². The van der Waals surface area contributed by atoms with Gasteiger partial charge in [-0.25, -0.2) is 8.42 Å². The van der Waals surface area contributed by atoms with E-state index in [9.17, 15) is 18.0 Å². The van der Waals surface area contributed by atoms with Crippen molar-refractivity contribution in [1.82, 2.24) is 10.2 Å². The number of halogens is 1. The first-order valence-corrected chi connectivity index (χ1v) is 15.2. The van der Waals surface area contributed by atoms with Crippen molar-refractivity contribution in [1.29, 1.82) is 0 Å². The standard InChI is InChI=1S/C31H38ClN3O4S/c1-6-7-18-33-31(37)25(5)34(20-26-13-8-22(2)9-14-26)30(36)21-35(29-19-27(32)15-12-24(29)4)40(38,39)28-16-10-23(3)11-17-28/h8-17,19,25H,6-7,18,20-21H2,1-5H3,(H,33,37)/t25-/m1/s1. The number of nitrogens with zero attached hydrogens (tertiary/aromatic N) is 2. The third kappa shape index (κ3) is 7.86. The average Bonchev–Trinajstić information content (AvgIpc) is 2.92. The molecule has 0 aliphatic carbocycles. The number of anilines is 1. The van der Waals surface area contributed by atoms with Crippen LogP contribution in [0.3, 0.4) is 0 Å². The van der Waals surface area contributed by atoms with Gasteiger partial charge in [0.05, 0.1) is 10.6 Å². The molecule has 2 amide bonds. The minimum absolute atomic E-state index is 0.0562. The van der Waals surface area contributed by atoms with E-state index in [2.05, 4.69) is 5.32 Å². The fourth-order valence-electron chi connectivity index (χ4n) is 4.21. The van der Waals surface area contributed by atoms with Gasteiger partial charge in [-0.2, -0.15) is 0 Å². The molecule has 1 N–H and O–H groups in total. The third-order valence-corrected chi connectivity index (χ3v) is 8.81. The van der Waals surface area contributed by atoms with Crippen LogP contribution in [0.5, 0.6) is 0 Å². The highest BCUT2D eigenvalue weighted by atomic mass is 35.5. The van der Waals surface area contributed by atoms with Crippen molar-refractivity contribution >= 4 is 39.1 Å². The van der Waals surface area contributed by atoms with Crippen LogP contribution in [-0.4, -0.2) is 44.3 Å². The molecule has 0 spiro atoms. The molecule has 0 heterocycles. The molecular formula is C31H38ClN3O4S. The first kappa shape index (κ1) is 31.2. The molecule has 0 bridgehead atoms. The Balaban J connectivity index is 2.04. The minimum Gasteiger partial charge on any atom is -0.354 e. The van der Waals surface area contributed by atoms with E-state index in [1.807, 2.05) is 45.0 Å². The molecule has 0 aromatic heterocycles. The van der Waals surface area contributed by atoms with Crippen molar-refractivity contribution in [2.75, 3.05) is 17.4 Å². The van der Waals surface area contributed by atoms with Crippen LogP contribution in [0, 0.1) is 20.8 Å².